The molecule has 0 aliphatic rings. The van der Waals surface area contributed by atoms with Gasteiger partial charge in [0.2, 0.25) is 0 Å². The molecule has 0 radical (unpaired) electrons. The van der Waals surface area contributed by atoms with Crippen molar-refractivity contribution in [2.45, 2.75) is 97.4 Å². The molecular formula is C16H36N2. The van der Waals surface area contributed by atoms with Gasteiger partial charge in [-0.05, 0) is 12.3 Å². The van der Waals surface area contributed by atoms with Crippen molar-refractivity contribution in [1.29, 1.82) is 0 Å². The highest BCUT2D eigenvalue weighted by Crippen LogP contribution is 2.14. The van der Waals surface area contributed by atoms with Crippen LogP contribution in [-0.2, 0) is 0 Å². The molecule has 0 aromatic rings. The summed E-state index contributed by atoms with van der Waals surface area (Å²) in [6.07, 6.45) is 15.3. The molecule has 2 heteroatoms. The zero-order valence-electron chi connectivity index (χ0n) is 13.0. The van der Waals surface area contributed by atoms with E-state index >= 15 is 0 Å². The van der Waals surface area contributed by atoms with Gasteiger partial charge in [0.25, 0.3) is 0 Å². The van der Waals surface area contributed by atoms with E-state index in [1.807, 2.05) is 0 Å². The van der Waals surface area contributed by atoms with Crippen LogP contribution in [0.1, 0.15) is 91.4 Å². The Bertz CT molecular complexity index is 157. The van der Waals surface area contributed by atoms with E-state index in [0.717, 1.165) is 0 Å². The van der Waals surface area contributed by atoms with Gasteiger partial charge in [-0.2, -0.15) is 0 Å². The molecule has 0 aromatic carbocycles. The molecule has 0 fully saturated rings. The van der Waals surface area contributed by atoms with Crippen LogP contribution >= 0.6 is 0 Å². The molecule has 0 amide bonds. The average molecular weight is 256 g/mol. The minimum Gasteiger partial charge on any atom is -0.271 e. The predicted molar refractivity (Wildman–Crippen MR) is 82.4 cm³/mol. The third-order valence-electron chi connectivity index (χ3n) is 3.89. The molecule has 0 rings (SSSR count). The Kier molecular flexibility index (Phi) is 13.3. The summed E-state index contributed by atoms with van der Waals surface area (Å²) >= 11 is 0. The quantitative estimate of drug-likeness (QED) is 0.282. The van der Waals surface area contributed by atoms with Gasteiger partial charge in [-0.25, -0.2) is 0 Å². The molecule has 0 aliphatic carbocycles. The highest BCUT2D eigenvalue weighted by molar-refractivity contribution is 4.67. The van der Waals surface area contributed by atoms with E-state index in [9.17, 15) is 0 Å². The maximum absolute atomic E-state index is 5.54. The highest BCUT2D eigenvalue weighted by Gasteiger charge is 2.09. The molecule has 0 heterocycles. The second-order valence-electron chi connectivity index (χ2n) is 5.99. The second kappa shape index (κ2) is 13.4. The summed E-state index contributed by atoms with van der Waals surface area (Å²) in [5, 5.41) is 0. The number of rotatable bonds is 13. The van der Waals surface area contributed by atoms with Crippen molar-refractivity contribution in [2.24, 2.45) is 11.8 Å². The van der Waals surface area contributed by atoms with Gasteiger partial charge in [-0.15, -0.1) is 0 Å². The molecule has 0 aliphatic heterocycles. The molecule has 2 nitrogen and oxygen atoms in total. The van der Waals surface area contributed by atoms with Gasteiger partial charge in [0.15, 0.2) is 0 Å². The van der Waals surface area contributed by atoms with Crippen molar-refractivity contribution in [1.82, 2.24) is 5.43 Å². The first-order chi connectivity index (χ1) is 8.72. The molecule has 1 atom stereocenters. The molecule has 0 saturated heterocycles. The molecule has 18 heavy (non-hydrogen) atoms. The lowest BCUT2D eigenvalue weighted by molar-refractivity contribution is 0.369. The van der Waals surface area contributed by atoms with Crippen molar-refractivity contribution in [2.75, 3.05) is 0 Å². The van der Waals surface area contributed by atoms with Crippen LogP contribution in [0.15, 0.2) is 0 Å². The third-order valence-corrected chi connectivity index (χ3v) is 3.89. The van der Waals surface area contributed by atoms with Crippen LogP contribution < -0.4 is 11.3 Å². The Morgan fingerprint density at radius 2 is 1.22 bits per heavy atom. The molecular weight excluding hydrogens is 220 g/mol. The molecule has 0 aromatic heterocycles. The van der Waals surface area contributed by atoms with Crippen LogP contribution in [0.4, 0.5) is 0 Å². The Hall–Kier alpha value is -0.0800. The molecule has 0 saturated carbocycles. The lowest BCUT2D eigenvalue weighted by Gasteiger charge is -2.19. The van der Waals surface area contributed by atoms with Crippen LogP contribution in [0, 0.1) is 5.92 Å². The number of nitrogens with one attached hydrogen (secondary N) is 1. The summed E-state index contributed by atoms with van der Waals surface area (Å²) in [4.78, 5) is 0. The van der Waals surface area contributed by atoms with Gasteiger partial charge in [0.05, 0.1) is 0 Å². The van der Waals surface area contributed by atoms with Gasteiger partial charge in [0, 0.05) is 6.04 Å². The number of hydrazine groups is 1. The van der Waals surface area contributed by atoms with E-state index in [0.29, 0.717) is 12.0 Å². The van der Waals surface area contributed by atoms with Crippen LogP contribution in [0.25, 0.3) is 0 Å². The average Bonchev–Trinajstić information content (AvgIpc) is 2.35. The van der Waals surface area contributed by atoms with E-state index in [-0.39, 0.29) is 0 Å². The summed E-state index contributed by atoms with van der Waals surface area (Å²) in [5.74, 6) is 6.19. The SMILES string of the molecule is CCCCCCCCCCCCC(NN)C(C)C. The van der Waals surface area contributed by atoms with E-state index in [1.54, 1.807) is 0 Å². The Morgan fingerprint density at radius 1 is 0.778 bits per heavy atom. The fraction of sp³-hybridized carbons (Fsp3) is 1.00. The van der Waals surface area contributed by atoms with Crippen molar-refractivity contribution in [3.8, 4) is 0 Å². The lowest BCUT2D eigenvalue weighted by Crippen LogP contribution is -2.38. The van der Waals surface area contributed by atoms with E-state index in [1.165, 1.54) is 70.6 Å². The van der Waals surface area contributed by atoms with Gasteiger partial charge >= 0.3 is 0 Å². The summed E-state index contributed by atoms with van der Waals surface area (Å²) in [7, 11) is 0. The zero-order chi connectivity index (χ0) is 13.6. The zero-order valence-corrected chi connectivity index (χ0v) is 13.0. The maximum atomic E-state index is 5.54. The summed E-state index contributed by atoms with van der Waals surface area (Å²) in [6.45, 7) is 6.75. The van der Waals surface area contributed by atoms with E-state index in [2.05, 4.69) is 26.2 Å². The number of hydrogen-bond acceptors (Lipinski definition) is 2. The van der Waals surface area contributed by atoms with Crippen molar-refractivity contribution >= 4 is 0 Å². The molecule has 0 bridgehead atoms. The van der Waals surface area contributed by atoms with Crippen LogP contribution in [-0.4, -0.2) is 6.04 Å². The summed E-state index contributed by atoms with van der Waals surface area (Å²) in [6, 6.07) is 0.499. The van der Waals surface area contributed by atoms with Crippen molar-refractivity contribution in [3.05, 3.63) is 0 Å². The molecule has 1 unspecified atom stereocenters. The highest BCUT2D eigenvalue weighted by atomic mass is 15.2. The Morgan fingerprint density at radius 3 is 1.61 bits per heavy atom. The molecule has 110 valence electrons. The Labute approximate surface area is 115 Å². The number of hydrogen-bond donors (Lipinski definition) is 2. The topological polar surface area (TPSA) is 38.0 Å². The minimum atomic E-state index is 0.499. The standard InChI is InChI=1S/C16H36N2/c1-4-5-6-7-8-9-10-11-12-13-14-16(18-17)15(2)3/h15-16,18H,4-14,17H2,1-3H3. The second-order valence-corrected chi connectivity index (χ2v) is 5.99. The van der Waals surface area contributed by atoms with Crippen molar-refractivity contribution in [3.63, 3.8) is 0 Å². The van der Waals surface area contributed by atoms with Crippen LogP contribution in [0.3, 0.4) is 0 Å². The third kappa shape index (κ3) is 11.0. The number of unbranched alkanes of at least 4 members (excludes halogenated alkanes) is 9. The van der Waals surface area contributed by atoms with Crippen molar-refractivity contribution < 1.29 is 0 Å². The van der Waals surface area contributed by atoms with Gasteiger partial charge in [-0.3, -0.25) is 11.3 Å². The largest absolute Gasteiger partial charge is 0.271 e. The fourth-order valence-corrected chi connectivity index (χ4v) is 2.46. The summed E-state index contributed by atoms with van der Waals surface area (Å²) < 4.78 is 0. The van der Waals surface area contributed by atoms with E-state index < -0.39 is 0 Å². The first-order valence-electron chi connectivity index (χ1n) is 8.18. The minimum absolute atomic E-state index is 0.499. The summed E-state index contributed by atoms with van der Waals surface area (Å²) in [5.41, 5.74) is 2.93. The lowest BCUT2D eigenvalue weighted by atomic mass is 9.98. The van der Waals surface area contributed by atoms with Crippen LogP contribution in [0.5, 0.6) is 0 Å². The number of nitrogens with two attached hydrogens (primary N) is 1. The predicted octanol–water partition coefficient (Wildman–Crippen LogP) is 4.79. The van der Waals surface area contributed by atoms with Gasteiger partial charge in [0.1, 0.15) is 0 Å². The smallest absolute Gasteiger partial charge is 0.0233 e. The first-order valence-corrected chi connectivity index (χ1v) is 8.18. The molecule has 3 N–H and O–H groups in total. The maximum Gasteiger partial charge on any atom is 0.0233 e. The van der Waals surface area contributed by atoms with Gasteiger partial charge < -0.3 is 0 Å². The first kappa shape index (κ1) is 17.9. The van der Waals surface area contributed by atoms with Crippen LogP contribution in [0.2, 0.25) is 0 Å². The molecule has 0 spiro atoms. The van der Waals surface area contributed by atoms with Gasteiger partial charge in [-0.1, -0.05) is 85.0 Å². The Balaban J connectivity index is 3.15. The fourth-order valence-electron chi connectivity index (χ4n) is 2.46. The monoisotopic (exact) mass is 256 g/mol. The normalized spacial score (nSPS) is 13.2. The van der Waals surface area contributed by atoms with E-state index in [4.69, 9.17) is 5.84 Å².